The van der Waals surface area contributed by atoms with Crippen molar-refractivity contribution >= 4 is 23.3 Å². The van der Waals surface area contributed by atoms with Crippen LogP contribution in [0.4, 0.5) is 0 Å². The Morgan fingerprint density at radius 3 is 2.24 bits per heavy atom. The highest BCUT2D eigenvalue weighted by Crippen LogP contribution is 2.26. The third kappa shape index (κ3) is 3.11. The fraction of sp³-hybridized carbons (Fsp3) is 0.0870. The molecule has 0 bridgehead atoms. The van der Waals surface area contributed by atoms with E-state index in [9.17, 15) is 0 Å². The highest BCUT2D eigenvalue weighted by atomic mass is 16.3. The first-order valence-corrected chi connectivity index (χ1v) is 8.41. The van der Waals surface area contributed by atoms with Gasteiger partial charge in [-0.3, -0.25) is 0 Å². The topological polar surface area (TPSA) is 26.0 Å². The number of aromatic nitrogens is 1. The molecule has 0 N–H and O–H groups in total. The van der Waals surface area contributed by atoms with Crippen LogP contribution in [-0.2, 0) is 0 Å². The summed E-state index contributed by atoms with van der Waals surface area (Å²) in [4.78, 5) is 4.57. The van der Waals surface area contributed by atoms with Crippen molar-refractivity contribution < 1.29 is 4.42 Å². The number of para-hydroxylation sites is 2. The lowest BCUT2D eigenvalue weighted by atomic mass is 10.0. The largest absolute Gasteiger partial charge is 0.436 e. The molecular weight excluding hydrogens is 306 g/mol. The van der Waals surface area contributed by atoms with Gasteiger partial charge in [-0.1, -0.05) is 54.6 Å². The first-order chi connectivity index (χ1) is 12.2. The van der Waals surface area contributed by atoms with Crippen molar-refractivity contribution in [2.75, 3.05) is 0 Å². The van der Waals surface area contributed by atoms with Gasteiger partial charge in [-0.25, -0.2) is 4.98 Å². The Kier molecular flexibility index (Phi) is 3.95. The molecule has 122 valence electrons. The van der Waals surface area contributed by atoms with Crippen molar-refractivity contribution in [3.8, 4) is 11.5 Å². The molecule has 0 aliphatic rings. The average molecular weight is 325 g/mol. The van der Waals surface area contributed by atoms with Crippen molar-refractivity contribution in [2.45, 2.75) is 13.8 Å². The summed E-state index contributed by atoms with van der Waals surface area (Å²) in [5.74, 6) is 0.665. The summed E-state index contributed by atoms with van der Waals surface area (Å²) in [6, 6.07) is 22.5. The molecule has 0 saturated heterocycles. The molecular formula is C23H19NO. The van der Waals surface area contributed by atoms with Gasteiger partial charge in [0.1, 0.15) is 5.52 Å². The van der Waals surface area contributed by atoms with Crippen LogP contribution in [-0.4, -0.2) is 4.98 Å². The molecule has 1 aromatic heterocycles. The van der Waals surface area contributed by atoms with E-state index in [2.05, 4.69) is 73.4 Å². The van der Waals surface area contributed by atoms with Gasteiger partial charge in [0.15, 0.2) is 5.58 Å². The predicted octanol–water partition coefficient (Wildman–Crippen LogP) is 6.28. The number of hydrogen-bond donors (Lipinski definition) is 0. The predicted molar refractivity (Wildman–Crippen MR) is 104 cm³/mol. The van der Waals surface area contributed by atoms with E-state index in [0.717, 1.165) is 16.7 Å². The summed E-state index contributed by atoms with van der Waals surface area (Å²) in [5.41, 5.74) is 7.62. The van der Waals surface area contributed by atoms with Crippen LogP contribution >= 0.6 is 0 Å². The Balaban J connectivity index is 1.65. The van der Waals surface area contributed by atoms with E-state index >= 15 is 0 Å². The minimum absolute atomic E-state index is 0.665. The number of aryl methyl sites for hydroxylation is 2. The summed E-state index contributed by atoms with van der Waals surface area (Å²) >= 11 is 0. The van der Waals surface area contributed by atoms with Gasteiger partial charge in [0.2, 0.25) is 5.89 Å². The number of oxazole rings is 1. The van der Waals surface area contributed by atoms with E-state index in [0.29, 0.717) is 5.89 Å². The van der Waals surface area contributed by atoms with Crippen LogP contribution in [0.3, 0.4) is 0 Å². The Hall–Kier alpha value is -3.13. The normalized spacial score (nSPS) is 11.4. The second-order valence-corrected chi connectivity index (χ2v) is 6.25. The van der Waals surface area contributed by atoms with Crippen LogP contribution in [0.1, 0.15) is 22.3 Å². The molecule has 4 rings (SSSR count). The molecule has 0 aliphatic heterocycles. The Morgan fingerprint density at radius 1 is 0.760 bits per heavy atom. The Bertz CT molecular complexity index is 1040. The zero-order valence-corrected chi connectivity index (χ0v) is 14.4. The molecule has 2 heteroatoms. The number of hydrogen-bond acceptors (Lipinski definition) is 2. The summed E-state index contributed by atoms with van der Waals surface area (Å²) in [7, 11) is 0. The van der Waals surface area contributed by atoms with Crippen LogP contribution in [0.2, 0.25) is 0 Å². The van der Waals surface area contributed by atoms with Crippen LogP contribution in [0.15, 0.2) is 71.1 Å². The standard InChI is InChI=1S/C23H19NO/c1-16-7-3-4-8-18(16)11-12-19-13-14-20(15-17(19)2)23-24-21-9-5-6-10-22(21)25-23/h3-15H,1-2H3. The van der Waals surface area contributed by atoms with Gasteiger partial charge in [0.25, 0.3) is 0 Å². The molecule has 2 nitrogen and oxygen atoms in total. The first kappa shape index (κ1) is 15.4. The fourth-order valence-corrected chi connectivity index (χ4v) is 2.94. The lowest BCUT2D eigenvalue weighted by molar-refractivity contribution is 0.620. The lowest BCUT2D eigenvalue weighted by Crippen LogP contribution is -1.84. The molecule has 0 radical (unpaired) electrons. The van der Waals surface area contributed by atoms with Crippen LogP contribution in [0.25, 0.3) is 34.7 Å². The SMILES string of the molecule is Cc1ccccc1C=Cc1ccc(-c2nc3ccccc3o2)cc1C. The van der Waals surface area contributed by atoms with E-state index in [1.54, 1.807) is 0 Å². The van der Waals surface area contributed by atoms with Crippen molar-refractivity contribution in [1.29, 1.82) is 0 Å². The summed E-state index contributed by atoms with van der Waals surface area (Å²) in [6.45, 7) is 4.24. The van der Waals surface area contributed by atoms with Crippen LogP contribution < -0.4 is 0 Å². The number of benzene rings is 3. The molecule has 0 atom stereocenters. The lowest BCUT2D eigenvalue weighted by Gasteiger charge is -2.04. The second kappa shape index (κ2) is 6.40. The van der Waals surface area contributed by atoms with Crippen LogP contribution in [0, 0.1) is 13.8 Å². The zero-order chi connectivity index (χ0) is 17.2. The molecule has 0 spiro atoms. The van der Waals surface area contributed by atoms with Crippen molar-refractivity contribution in [1.82, 2.24) is 4.98 Å². The summed E-state index contributed by atoms with van der Waals surface area (Å²) < 4.78 is 5.86. The average Bonchev–Trinajstić information content (AvgIpc) is 3.06. The van der Waals surface area contributed by atoms with E-state index < -0.39 is 0 Å². The van der Waals surface area contributed by atoms with Gasteiger partial charge in [-0.2, -0.15) is 0 Å². The Morgan fingerprint density at radius 2 is 1.48 bits per heavy atom. The van der Waals surface area contributed by atoms with Gasteiger partial charge >= 0.3 is 0 Å². The smallest absolute Gasteiger partial charge is 0.227 e. The molecule has 0 aliphatic carbocycles. The van der Waals surface area contributed by atoms with Gasteiger partial charge < -0.3 is 4.42 Å². The molecule has 4 aromatic rings. The molecule has 0 amide bonds. The van der Waals surface area contributed by atoms with E-state index in [4.69, 9.17) is 4.42 Å². The maximum atomic E-state index is 5.86. The monoisotopic (exact) mass is 325 g/mol. The quantitative estimate of drug-likeness (QED) is 0.414. The molecule has 0 saturated carbocycles. The van der Waals surface area contributed by atoms with Crippen molar-refractivity contribution in [2.24, 2.45) is 0 Å². The summed E-state index contributed by atoms with van der Waals surface area (Å²) in [6.07, 6.45) is 4.32. The number of nitrogens with zero attached hydrogens (tertiary/aromatic N) is 1. The zero-order valence-electron chi connectivity index (χ0n) is 14.4. The maximum absolute atomic E-state index is 5.86. The third-order valence-electron chi connectivity index (χ3n) is 4.44. The van der Waals surface area contributed by atoms with Crippen molar-refractivity contribution in [3.05, 3.63) is 89.0 Å². The Labute approximate surface area is 147 Å². The van der Waals surface area contributed by atoms with E-state index in [1.165, 1.54) is 22.3 Å². The summed E-state index contributed by atoms with van der Waals surface area (Å²) in [5, 5.41) is 0. The second-order valence-electron chi connectivity index (χ2n) is 6.25. The number of fused-ring (bicyclic) bond motifs is 1. The van der Waals surface area contributed by atoms with Gasteiger partial charge in [0, 0.05) is 5.56 Å². The fourth-order valence-electron chi connectivity index (χ4n) is 2.94. The first-order valence-electron chi connectivity index (χ1n) is 8.41. The van der Waals surface area contributed by atoms with E-state index in [-0.39, 0.29) is 0 Å². The van der Waals surface area contributed by atoms with Gasteiger partial charge in [-0.05, 0) is 60.4 Å². The van der Waals surface area contributed by atoms with Crippen LogP contribution in [0.5, 0.6) is 0 Å². The van der Waals surface area contributed by atoms with Gasteiger partial charge in [-0.15, -0.1) is 0 Å². The van der Waals surface area contributed by atoms with Crippen molar-refractivity contribution in [3.63, 3.8) is 0 Å². The minimum Gasteiger partial charge on any atom is -0.436 e. The molecule has 0 fully saturated rings. The molecule has 25 heavy (non-hydrogen) atoms. The van der Waals surface area contributed by atoms with E-state index in [1.807, 2.05) is 24.3 Å². The minimum atomic E-state index is 0.665. The van der Waals surface area contributed by atoms with Gasteiger partial charge in [0.05, 0.1) is 0 Å². The maximum Gasteiger partial charge on any atom is 0.227 e. The highest BCUT2D eigenvalue weighted by Gasteiger charge is 2.08. The molecule has 0 unspecified atom stereocenters. The number of rotatable bonds is 3. The third-order valence-corrected chi connectivity index (χ3v) is 4.44. The molecule has 1 heterocycles. The highest BCUT2D eigenvalue weighted by molar-refractivity contribution is 5.77. The molecule has 3 aromatic carbocycles.